The summed E-state index contributed by atoms with van der Waals surface area (Å²) >= 11 is 0. The molecule has 0 spiro atoms. The van der Waals surface area contributed by atoms with Gasteiger partial charge in [0.05, 0.1) is 0 Å². The molecule has 0 bridgehead atoms. The standard InChI is InChI=1S/C10H8O3S.Pd/c11-14(12,13)10-7-3-5-8-4-1-2-6-9(8)10;/h1-7H,(H,11,12,13);. The SMILES string of the molecule is O=S(=O)(O)c1cccc2ccccc12.[Pd]. The zero-order chi connectivity index (χ0) is 10.2. The second-order valence-corrected chi connectivity index (χ2v) is 4.34. The summed E-state index contributed by atoms with van der Waals surface area (Å²) in [6, 6.07) is 11.8. The minimum Gasteiger partial charge on any atom is -0.282 e. The molecule has 2 aromatic rings. The van der Waals surface area contributed by atoms with Crippen molar-refractivity contribution in [3.63, 3.8) is 0 Å². The molecule has 15 heavy (non-hydrogen) atoms. The van der Waals surface area contributed by atoms with Gasteiger partial charge in [0.15, 0.2) is 0 Å². The molecule has 0 atom stereocenters. The number of fused-ring (bicyclic) bond motifs is 1. The van der Waals surface area contributed by atoms with Gasteiger partial charge in [0.1, 0.15) is 4.90 Å². The molecule has 5 heteroatoms. The van der Waals surface area contributed by atoms with Crippen LogP contribution < -0.4 is 0 Å². The van der Waals surface area contributed by atoms with E-state index < -0.39 is 10.1 Å². The molecule has 82 valence electrons. The van der Waals surface area contributed by atoms with Gasteiger partial charge in [-0.05, 0) is 11.5 Å². The zero-order valence-corrected chi connectivity index (χ0v) is 9.90. The Balaban J connectivity index is 0.00000112. The molecule has 3 nitrogen and oxygen atoms in total. The summed E-state index contributed by atoms with van der Waals surface area (Å²) in [5.74, 6) is 0. The quantitative estimate of drug-likeness (QED) is 0.648. The first-order chi connectivity index (χ1) is 6.59. The van der Waals surface area contributed by atoms with Crippen molar-refractivity contribution in [1.82, 2.24) is 0 Å². The van der Waals surface area contributed by atoms with E-state index in [0.717, 1.165) is 5.39 Å². The first-order valence-electron chi connectivity index (χ1n) is 4.04. The maximum absolute atomic E-state index is 11.0. The van der Waals surface area contributed by atoms with Gasteiger partial charge in [0, 0.05) is 25.8 Å². The van der Waals surface area contributed by atoms with E-state index in [1.165, 1.54) is 6.07 Å². The van der Waals surface area contributed by atoms with E-state index in [1.54, 1.807) is 30.3 Å². The number of hydrogen-bond donors (Lipinski definition) is 1. The Labute approximate surface area is 102 Å². The summed E-state index contributed by atoms with van der Waals surface area (Å²) in [6.45, 7) is 0. The molecule has 0 aromatic heterocycles. The van der Waals surface area contributed by atoms with E-state index >= 15 is 0 Å². The van der Waals surface area contributed by atoms with Gasteiger partial charge in [-0.3, -0.25) is 4.55 Å². The molecule has 0 aliphatic carbocycles. The Morgan fingerprint density at radius 3 is 2.20 bits per heavy atom. The minimum absolute atomic E-state index is 0. The topological polar surface area (TPSA) is 54.4 Å². The zero-order valence-electron chi connectivity index (χ0n) is 7.53. The van der Waals surface area contributed by atoms with Crippen molar-refractivity contribution in [3.8, 4) is 0 Å². The molecule has 0 saturated carbocycles. The summed E-state index contributed by atoms with van der Waals surface area (Å²) in [6.07, 6.45) is 0. The van der Waals surface area contributed by atoms with Crippen LogP contribution >= 0.6 is 0 Å². The summed E-state index contributed by atoms with van der Waals surface area (Å²) in [7, 11) is -4.13. The van der Waals surface area contributed by atoms with Crippen molar-refractivity contribution in [2.24, 2.45) is 0 Å². The molecule has 0 unspecified atom stereocenters. The molecule has 0 radical (unpaired) electrons. The van der Waals surface area contributed by atoms with Crippen LogP contribution in [-0.4, -0.2) is 13.0 Å². The van der Waals surface area contributed by atoms with E-state index in [1.807, 2.05) is 6.07 Å². The summed E-state index contributed by atoms with van der Waals surface area (Å²) in [4.78, 5) is -0.0457. The fourth-order valence-electron chi connectivity index (χ4n) is 1.42. The third-order valence-corrected chi connectivity index (χ3v) is 2.94. The average molecular weight is 315 g/mol. The number of benzene rings is 2. The van der Waals surface area contributed by atoms with Gasteiger partial charge in [0.2, 0.25) is 0 Å². The van der Waals surface area contributed by atoms with Gasteiger partial charge >= 0.3 is 0 Å². The normalized spacial score (nSPS) is 11.0. The van der Waals surface area contributed by atoms with Crippen LogP contribution in [0.3, 0.4) is 0 Å². The van der Waals surface area contributed by atoms with Crippen molar-refractivity contribution >= 4 is 20.9 Å². The fourth-order valence-corrected chi connectivity index (χ4v) is 2.13. The van der Waals surface area contributed by atoms with E-state index in [4.69, 9.17) is 4.55 Å². The van der Waals surface area contributed by atoms with Crippen LogP contribution in [-0.2, 0) is 30.5 Å². The largest absolute Gasteiger partial charge is 0.295 e. The molecule has 0 heterocycles. The summed E-state index contributed by atoms with van der Waals surface area (Å²) in [5.41, 5.74) is 0. The minimum atomic E-state index is -4.13. The number of rotatable bonds is 1. The second-order valence-electron chi connectivity index (χ2n) is 2.95. The molecular weight excluding hydrogens is 307 g/mol. The van der Waals surface area contributed by atoms with E-state index in [9.17, 15) is 8.42 Å². The average Bonchev–Trinajstić information content (AvgIpc) is 2.15. The molecule has 0 aliphatic heterocycles. The molecule has 2 rings (SSSR count). The monoisotopic (exact) mass is 314 g/mol. The van der Waals surface area contributed by atoms with Gasteiger partial charge < -0.3 is 0 Å². The first-order valence-corrected chi connectivity index (χ1v) is 5.48. The molecule has 1 N–H and O–H groups in total. The smallest absolute Gasteiger partial charge is 0.282 e. The van der Waals surface area contributed by atoms with Gasteiger partial charge in [-0.25, -0.2) is 0 Å². The molecule has 0 aliphatic rings. The van der Waals surface area contributed by atoms with Gasteiger partial charge in [0.25, 0.3) is 10.1 Å². The van der Waals surface area contributed by atoms with Crippen LogP contribution in [0.25, 0.3) is 10.8 Å². The van der Waals surface area contributed by atoms with Crippen LogP contribution in [0.4, 0.5) is 0 Å². The van der Waals surface area contributed by atoms with Crippen molar-refractivity contribution in [3.05, 3.63) is 42.5 Å². The predicted molar refractivity (Wildman–Crippen MR) is 53.8 cm³/mol. The van der Waals surface area contributed by atoms with Gasteiger partial charge in [-0.15, -0.1) is 0 Å². The predicted octanol–water partition coefficient (Wildman–Crippen LogP) is 2.08. The Morgan fingerprint density at radius 1 is 0.933 bits per heavy atom. The van der Waals surface area contributed by atoms with E-state index in [-0.39, 0.29) is 25.3 Å². The Kier molecular flexibility index (Phi) is 3.63. The van der Waals surface area contributed by atoms with Crippen LogP contribution in [0.2, 0.25) is 0 Å². The Morgan fingerprint density at radius 2 is 1.53 bits per heavy atom. The summed E-state index contributed by atoms with van der Waals surface area (Å²) < 4.78 is 31.0. The molecule has 0 fully saturated rings. The van der Waals surface area contributed by atoms with Crippen LogP contribution in [0.1, 0.15) is 0 Å². The van der Waals surface area contributed by atoms with Gasteiger partial charge in [-0.1, -0.05) is 36.4 Å². The Bertz CT molecular complexity index is 573. The van der Waals surface area contributed by atoms with Gasteiger partial charge in [-0.2, -0.15) is 8.42 Å². The third-order valence-electron chi connectivity index (χ3n) is 2.03. The van der Waals surface area contributed by atoms with Crippen LogP contribution in [0.5, 0.6) is 0 Å². The second kappa shape index (κ2) is 4.42. The molecule has 2 aromatic carbocycles. The number of hydrogen-bond acceptors (Lipinski definition) is 2. The maximum Gasteiger partial charge on any atom is 0.295 e. The van der Waals surface area contributed by atoms with Crippen molar-refractivity contribution in [2.75, 3.05) is 0 Å². The molecular formula is C10H8O3PdS. The fraction of sp³-hybridized carbons (Fsp3) is 0. The maximum atomic E-state index is 11.0. The Hall–Kier alpha value is -0.728. The first kappa shape index (κ1) is 12.3. The summed E-state index contributed by atoms with van der Waals surface area (Å²) in [5, 5.41) is 1.33. The van der Waals surface area contributed by atoms with E-state index in [2.05, 4.69) is 0 Å². The molecule has 0 amide bonds. The van der Waals surface area contributed by atoms with Crippen molar-refractivity contribution in [1.29, 1.82) is 0 Å². The van der Waals surface area contributed by atoms with Crippen molar-refractivity contribution < 1.29 is 33.4 Å². The van der Waals surface area contributed by atoms with Crippen LogP contribution in [0, 0.1) is 0 Å². The van der Waals surface area contributed by atoms with Crippen LogP contribution in [0.15, 0.2) is 47.4 Å². The molecule has 0 saturated heterocycles. The third kappa shape index (κ3) is 2.44. The van der Waals surface area contributed by atoms with Crippen molar-refractivity contribution in [2.45, 2.75) is 4.90 Å². The van der Waals surface area contributed by atoms with E-state index in [0.29, 0.717) is 5.39 Å².